The van der Waals surface area contributed by atoms with Crippen molar-refractivity contribution in [2.45, 2.75) is 44.8 Å². The third-order valence-electron chi connectivity index (χ3n) is 3.99. The first-order chi connectivity index (χ1) is 10.4. The number of aromatic nitrogens is 2. The van der Waals surface area contributed by atoms with Crippen molar-refractivity contribution in [3.8, 4) is 5.69 Å². The highest BCUT2D eigenvalue weighted by molar-refractivity contribution is 5.61. The number of hydrogen-bond acceptors (Lipinski definition) is 3. The lowest BCUT2D eigenvalue weighted by molar-refractivity contribution is 0.00598. The summed E-state index contributed by atoms with van der Waals surface area (Å²) >= 11 is 0. The Kier molecular flexibility index (Phi) is 4.55. The van der Waals surface area contributed by atoms with Crippen molar-refractivity contribution in [1.82, 2.24) is 9.78 Å². The van der Waals surface area contributed by atoms with Crippen LogP contribution in [0.3, 0.4) is 0 Å². The second kappa shape index (κ2) is 6.76. The van der Waals surface area contributed by atoms with Crippen molar-refractivity contribution in [2.75, 3.05) is 11.9 Å². The van der Waals surface area contributed by atoms with Crippen molar-refractivity contribution < 1.29 is 4.74 Å². The number of nitrogens with zero attached hydrogens (tertiary/aromatic N) is 2. The minimum Gasteiger partial charge on any atom is -0.380 e. The highest BCUT2D eigenvalue weighted by Gasteiger charge is 2.22. The Labute approximate surface area is 126 Å². The second-order valence-corrected chi connectivity index (χ2v) is 5.61. The molecule has 4 heteroatoms. The van der Waals surface area contributed by atoms with E-state index in [1.165, 1.54) is 6.42 Å². The fourth-order valence-corrected chi connectivity index (χ4v) is 2.96. The summed E-state index contributed by atoms with van der Waals surface area (Å²) in [5.41, 5.74) is 2.24. The zero-order valence-electron chi connectivity index (χ0n) is 12.5. The molecule has 1 fully saturated rings. The summed E-state index contributed by atoms with van der Waals surface area (Å²) < 4.78 is 7.74. The van der Waals surface area contributed by atoms with Gasteiger partial charge in [-0.3, -0.25) is 0 Å². The van der Waals surface area contributed by atoms with Crippen LogP contribution < -0.4 is 5.32 Å². The van der Waals surface area contributed by atoms with Gasteiger partial charge in [0.15, 0.2) is 0 Å². The van der Waals surface area contributed by atoms with Gasteiger partial charge in [0.25, 0.3) is 0 Å². The zero-order chi connectivity index (χ0) is 14.5. The number of hydrogen-bond donors (Lipinski definition) is 1. The predicted molar refractivity (Wildman–Crippen MR) is 84.9 cm³/mol. The molecule has 0 amide bonds. The molecule has 2 aromatic rings. The van der Waals surface area contributed by atoms with Crippen LogP contribution in [0.15, 0.2) is 42.7 Å². The first-order valence-corrected chi connectivity index (χ1v) is 7.84. The quantitative estimate of drug-likeness (QED) is 0.911. The molecule has 1 aliphatic heterocycles. The Balaban J connectivity index is 1.73. The Hall–Kier alpha value is -1.81. The van der Waals surface area contributed by atoms with E-state index in [4.69, 9.17) is 4.74 Å². The van der Waals surface area contributed by atoms with Gasteiger partial charge in [-0.05, 0) is 37.5 Å². The van der Waals surface area contributed by atoms with Gasteiger partial charge in [0.2, 0.25) is 0 Å². The molecule has 1 saturated heterocycles. The zero-order valence-corrected chi connectivity index (χ0v) is 12.5. The number of nitrogens with one attached hydrogen (secondary N) is 1. The molecule has 1 N–H and O–H groups in total. The molecule has 2 heterocycles. The third kappa shape index (κ3) is 3.45. The molecule has 3 rings (SSSR count). The SMILES string of the molecule is CCCC1CC(Nc2ccccc2-n2cccn2)CCO1. The van der Waals surface area contributed by atoms with Crippen LogP contribution >= 0.6 is 0 Å². The lowest BCUT2D eigenvalue weighted by Crippen LogP contribution is -2.34. The number of anilines is 1. The van der Waals surface area contributed by atoms with Crippen LogP contribution in [0.25, 0.3) is 5.69 Å². The van der Waals surface area contributed by atoms with E-state index < -0.39 is 0 Å². The van der Waals surface area contributed by atoms with Crippen LogP contribution in [-0.4, -0.2) is 28.5 Å². The van der Waals surface area contributed by atoms with E-state index in [2.05, 4.69) is 35.5 Å². The first kappa shape index (κ1) is 14.1. The van der Waals surface area contributed by atoms with Crippen LogP contribution in [0.5, 0.6) is 0 Å². The molecule has 2 unspecified atom stereocenters. The Morgan fingerprint density at radius 1 is 1.33 bits per heavy atom. The molecular formula is C17H23N3O. The van der Waals surface area contributed by atoms with E-state index in [-0.39, 0.29) is 0 Å². The van der Waals surface area contributed by atoms with Gasteiger partial charge in [0, 0.05) is 25.0 Å². The summed E-state index contributed by atoms with van der Waals surface area (Å²) in [6.45, 7) is 3.07. The largest absolute Gasteiger partial charge is 0.380 e. The molecule has 21 heavy (non-hydrogen) atoms. The van der Waals surface area contributed by atoms with Gasteiger partial charge in [-0.15, -0.1) is 0 Å². The summed E-state index contributed by atoms with van der Waals surface area (Å²) in [6, 6.07) is 10.8. The Morgan fingerprint density at radius 3 is 3.05 bits per heavy atom. The highest BCUT2D eigenvalue weighted by Crippen LogP contribution is 2.25. The van der Waals surface area contributed by atoms with Gasteiger partial charge in [-0.1, -0.05) is 25.5 Å². The van der Waals surface area contributed by atoms with Crippen LogP contribution in [-0.2, 0) is 4.74 Å². The topological polar surface area (TPSA) is 39.1 Å². The predicted octanol–water partition coefficient (Wildman–Crippen LogP) is 3.63. The van der Waals surface area contributed by atoms with Crippen molar-refractivity contribution in [3.63, 3.8) is 0 Å². The molecule has 0 bridgehead atoms. The van der Waals surface area contributed by atoms with Crippen molar-refractivity contribution in [2.24, 2.45) is 0 Å². The minimum atomic E-state index is 0.401. The Morgan fingerprint density at radius 2 is 2.24 bits per heavy atom. The molecule has 0 radical (unpaired) electrons. The third-order valence-corrected chi connectivity index (χ3v) is 3.99. The lowest BCUT2D eigenvalue weighted by atomic mass is 9.99. The fourth-order valence-electron chi connectivity index (χ4n) is 2.96. The molecule has 1 aliphatic rings. The second-order valence-electron chi connectivity index (χ2n) is 5.61. The maximum Gasteiger partial charge on any atom is 0.0876 e. The fraction of sp³-hybridized carbons (Fsp3) is 0.471. The maximum absolute atomic E-state index is 5.83. The van der Waals surface area contributed by atoms with E-state index >= 15 is 0 Å². The molecule has 112 valence electrons. The number of para-hydroxylation sites is 2. The highest BCUT2D eigenvalue weighted by atomic mass is 16.5. The summed E-state index contributed by atoms with van der Waals surface area (Å²) in [6.07, 6.45) is 8.67. The smallest absolute Gasteiger partial charge is 0.0876 e. The molecule has 1 aromatic heterocycles. The summed E-state index contributed by atoms with van der Waals surface area (Å²) in [7, 11) is 0. The van der Waals surface area contributed by atoms with Crippen molar-refractivity contribution >= 4 is 5.69 Å². The molecule has 1 aromatic carbocycles. The van der Waals surface area contributed by atoms with Gasteiger partial charge < -0.3 is 10.1 Å². The molecule has 2 atom stereocenters. The van der Waals surface area contributed by atoms with Gasteiger partial charge in [0.05, 0.1) is 17.5 Å². The Bertz CT molecular complexity index is 551. The average molecular weight is 285 g/mol. The average Bonchev–Trinajstić information content (AvgIpc) is 3.03. The van der Waals surface area contributed by atoms with E-state index in [9.17, 15) is 0 Å². The van der Waals surface area contributed by atoms with E-state index in [0.717, 1.165) is 37.2 Å². The molecule has 0 aliphatic carbocycles. The van der Waals surface area contributed by atoms with Crippen molar-refractivity contribution in [1.29, 1.82) is 0 Å². The van der Waals surface area contributed by atoms with Crippen LogP contribution in [0.4, 0.5) is 5.69 Å². The van der Waals surface area contributed by atoms with Gasteiger partial charge >= 0.3 is 0 Å². The van der Waals surface area contributed by atoms with Crippen LogP contribution in [0.2, 0.25) is 0 Å². The summed E-state index contributed by atoms with van der Waals surface area (Å²) in [5.74, 6) is 0. The monoisotopic (exact) mass is 285 g/mol. The van der Waals surface area contributed by atoms with Gasteiger partial charge in [-0.25, -0.2) is 4.68 Å². The standard InChI is InChI=1S/C17H23N3O/c1-2-6-15-13-14(9-12-21-15)19-16-7-3-4-8-17(16)20-11-5-10-18-20/h3-5,7-8,10-11,14-15,19H,2,6,9,12-13H2,1H3. The lowest BCUT2D eigenvalue weighted by Gasteiger charge is -2.31. The van der Waals surface area contributed by atoms with Crippen LogP contribution in [0, 0.1) is 0 Å². The normalized spacial score (nSPS) is 22.1. The number of benzene rings is 1. The molecule has 0 spiro atoms. The van der Waals surface area contributed by atoms with Crippen LogP contribution in [0.1, 0.15) is 32.6 Å². The van der Waals surface area contributed by atoms with Crippen molar-refractivity contribution in [3.05, 3.63) is 42.7 Å². The van der Waals surface area contributed by atoms with E-state index in [1.807, 2.05) is 29.2 Å². The first-order valence-electron chi connectivity index (χ1n) is 7.84. The maximum atomic E-state index is 5.83. The van der Waals surface area contributed by atoms with Gasteiger partial charge in [-0.2, -0.15) is 5.10 Å². The number of rotatable bonds is 5. The summed E-state index contributed by atoms with van der Waals surface area (Å²) in [5, 5.41) is 8.02. The minimum absolute atomic E-state index is 0.401. The number of ether oxygens (including phenoxy) is 1. The van der Waals surface area contributed by atoms with Gasteiger partial charge in [0.1, 0.15) is 0 Å². The molecule has 0 saturated carbocycles. The van der Waals surface area contributed by atoms with E-state index in [1.54, 1.807) is 0 Å². The summed E-state index contributed by atoms with van der Waals surface area (Å²) in [4.78, 5) is 0. The molecule has 4 nitrogen and oxygen atoms in total. The molecular weight excluding hydrogens is 262 g/mol. The van der Waals surface area contributed by atoms with E-state index in [0.29, 0.717) is 12.1 Å².